The van der Waals surface area contributed by atoms with Crippen LogP contribution in [0.2, 0.25) is 0 Å². The number of nitrogens with one attached hydrogen (secondary N) is 1. The zero-order chi connectivity index (χ0) is 32.4. The summed E-state index contributed by atoms with van der Waals surface area (Å²) in [5.41, 5.74) is 1.18. The number of para-hydroxylation sites is 1. The van der Waals surface area contributed by atoms with Crippen molar-refractivity contribution in [3.05, 3.63) is 120 Å². The van der Waals surface area contributed by atoms with Crippen LogP contribution in [0.3, 0.4) is 0 Å². The van der Waals surface area contributed by atoms with Gasteiger partial charge in [0, 0.05) is 31.1 Å². The molecule has 0 aromatic heterocycles. The molecule has 0 bridgehead atoms. The number of nitrogens with zero attached hydrogens (tertiary/aromatic N) is 2. The third kappa shape index (κ3) is 7.98. The van der Waals surface area contributed by atoms with Gasteiger partial charge < -0.3 is 19.7 Å². The Morgan fingerprint density at radius 2 is 1.47 bits per heavy atom. The van der Waals surface area contributed by atoms with Crippen LogP contribution in [-0.2, 0) is 32.6 Å². The lowest BCUT2D eigenvalue weighted by Crippen LogP contribution is -2.53. The van der Waals surface area contributed by atoms with E-state index in [1.807, 2.05) is 30.3 Å². The standard InChI is InChI=1S/C34H36FN3O6S/c1-4-36-34(40)30(21-25-13-7-5-8-14-25)37(23-26-15-11-12-18-29(26)35)33(39)24-38(27-16-9-6-10-17-27)45(41,42)28-19-20-31(43-2)32(22-28)44-3/h5-20,22,30H,4,21,23-24H2,1-3H3,(H,36,40)/t30-/m0/s1. The van der Waals surface area contributed by atoms with Crippen molar-refractivity contribution in [2.24, 2.45) is 0 Å². The highest BCUT2D eigenvalue weighted by atomic mass is 32.2. The van der Waals surface area contributed by atoms with E-state index in [1.54, 1.807) is 43.3 Å². The van der Waals surface area contributed by atoms with Gasteiger partial charge in [0.25, 0.3) is 10.0 Å². The summed E-state index contributed by atoms with van der Waals surface area (Å²) in [5, 5.41) is 2.78. The maximum absolute atomic E-state index is 15.0. The average Bonchev–Trinajstić information content (AvgIpc) is 3.06. The zero-order valence-corrected chi connectivity index (χ0v) is 26.2. The summed E-state index contributed by atoms with van der Waals surface area (Å²) in [6.07, 6.45) is 0.126. The first-order chi connectivity index (χ1) is 21.7. The van der Waals surface area contributed by atoms with Crippen molar-refractivity contribution < 1.29 is 31.9 Å². The van der Waals surface area contributed by atoms with Crippen molar-refractivity contribution in [2.75, 3.05) is 31.6 Å². The van der Waals surface area contributed by atoms with Gasteiger partial charge in [-0.05, 0) is 42.8 Å². The van der Waals surface area contributed by atoms with Gasteiger partial charge in [0.1, 0.15) is 18.4 Å². The van der Waals surface area contributed by atoms with Gasteiger partial charge in [0.15, 0.2) is 11.5 Å². The molecule has 0 saturated heterocycles. The van der Waals surface area contributed by atoms with E-state index in [-0.39, 0.29) is 34.9 Å². The van der Waals surface area contributed by atoms with Crippen LogP contribution in [0.5, 0.6) is 11.5 Å². The molecule has 0 spiro atoms. The zero-order valence-electron chi connectivity index (χ0n) is 25.4. The van der Waals surface area contributed by atoms with Crippen LogP contribution in [0.15, 0.2) is 108 Å². The van der Waals surface area contributed by atoms with Crippen LogP contribution in [0.4, 0.5) is 10.1 Å². The molecule has 45 heavy (non-hydrogen) atoms. The minimum atomic E-state index is -4.36. The summed E-state index contributed by atoms with van der Waals surface area (Å²) in [4.78, 5) is 29.0. The molecule has 9 nitrogen and oxygen atoms in total. The van der Waals surface area contributed by atoms with Gasteiger partial charge in [-0.15, -0.1) is 0 Å². The number of rotatable bonds is 14. The van der Waals surface area contributed by atoms with E-state index < -0.39 is 40.2 Å². The lowest BCUT2D eigenvalue weighted by Gasteiger charge is -2.34. The predicted octanol–water partition coefficient (Wildman–Crippen LogP) is 4.81. The molecular weight excluding hydrogens is 597 g/mol. The minimum absolute atomic E-state index is 0.126. The number of benzene rings is 4. The number of likely N-dealkylation sites (N-methyl/N-ethyl adjacent to an activating group) is 1. The number of amides is 2. The molecule has 0 aliphatic heterocycles. The van der Waals surface area contributed by atoms with Crippen LogP contribution < -0.4 is 19.1 Å². The molecule has 11 heteroatoms. The Balaban J connectivity index is 1.81. The second-order valence-electron chi connectivity index (χ2n) is 10.1. The highest BCUT2D eigenvalue weighted by molar-refractivity contribution is 7.92. The third-order valence-corrected chi connectivity index (χ3v) is 8.96. The van der Waals surface area contributed by atoms with Crippen LogP contribution in [0, 0.1) is 5.82 Å². The fourth-order valence-corrected chi connectivity index (χ4v) is 6.31. The Morgan fingerprint density at radius 3 is 2.09 bits per heavy atom. The normalized spacial score (nSPS) is 11.7. The van der Waals surface area contributed by atoms with E-state index >= 15 is 0 Å². The minimum Gasteiger partial charge on any atom is -0.493 e. The molecule has 0 aliphatic rings. The second-order valence-corrected chi connectivity index (χ2v) is 11.9. The molecule has 0 heterocycles. The Kier molecular flexibility index (Phi) is 11.2. The molecule has 4 aromatic carbocycles. The molecule has 0 saturated carbocycles. The highest BCUT2D eigenvalue weighted by Crippen LogP contribution is 2.32. The van der Waals surface area contributed by atoms with E-state index in [0.29, 0.717) is 12.3 Å². The van der Waals surface area contributed by atoms with E-state index in [4.69, 9.17) is 9.47 Å². The van der Waals surface area contributed by atoms with E-state index in [9.17, 15) is 22.4 Å². The number of halogens is 1. The van der Waals surface area contributed by atoms with Crippen molar-refractivity contribution in [1.82, 2.24) is 10.2 Å². The summed E-state index contributed by atoms with van der Waals surface area (Å²) < 4.78 is 54.9. The Morgan fingerprint density at radius 1 is 0.844 bits per heavy atom. The molecule has 236 valence electrons. The van der Waals surface area contributed by atoms with Gasteiger partial charge in [0.05, 0.1) is 24.8 Å². The third-order valence-electron chi connectivity index (χ3n) is 7.19. The van der Waals surface area contributed by atoms with Gasteiger partial charge in [-0.2, -0.15) is 0 Å². The van der Waals surface area contributed by atoms with Gasteiger partial charge in [-0.1, -0.05) is 66.7 Å². The Bertz CT molecular complexity index is 1700. The van der Waals surface area contributed by atoms with Crippen molar-refractivity contribution >= 4 is 27.5 Å². The van der Waals surface area contributed by atoms with Gasteiger partial charge in [-0.3, -0.25) is 13.9 Å². The number of carbonyl (C=O) groups excluding carboxylic acids is 2. The van der Waals surface area contributed by atoms with Crippen molar-refractivity contribution in [3.63, 3.8) is 0 Å². The molecule has 4 aromatic rings. The topological polar surface area (TPSA) is 105 Å². The van der Waals surface area contributed by atoms with Gasteiger partial charge in [-0.25, -0.2) is 12.8 Å². The van der Waals surface area contributed by atoms with E-state index in [1.165, 1.54) is 55.5 Å². The first kappa shape index (κ1) is 33.0. The molecule has 0 unspecified atom stereocenters. The summed E-state index contributed by atoms with van der Waals surface area (Å²) in [7, 11) is -1.53. The summed E-state index contributed by atoms with van der Waals surface area (Å²) in [5.74, 6) is -1.17. The quantitative estimate of drug-likeness (QED) is 0.214. The molecule has 2 amide bonds. The van der Waals surface area contributed by atoms with Crippen molar-refractivity contribution in [1.29, 1.82) is 0 Å². The van der Waals surface area contributed by atoms with E-state index in [2.05, 4.69) is 5.32 Å². The summed E-state index contributed by atoms with van der Waals surface area (Å²) in [6, 6.07) is 26.3. The number of hydrogen-bond donors (Lipinski definition) is 1. The highest BCUT2D eigenvalue weighted by Gasteiger charge is 2.35. The van der Waals surface area contributed by atoms with Crippen LogP contribution in [0.25, 0.3) is 0 Å². The van der Waals surface area contributed by atoms with Crippen LogP contribution >= 0.6 is 0 Å². The number of hydrogen-bond acceptors (Lipinski definition) is 6. The van der Waals surface area contributed by atoms with Crippen LogP contribution in [-0.4, -0.2) is 58.5 Å². The van der Waals surface area contributed by atoms with E-state index in [0.717, 1.165) is 9.87 Å². The number of methoxy groups -OCH3 is 2. The first-order valence-electron chi connectivity index (χ1n) is 14.3. The molecule has 0 aliphatic carbocycles. The SMILES string of the molecule is CCNC(=O)[C@H](Cc1ccccc1)N(Cc1ccccc1F)C(=O)CN(c1ccccc1)S(=O)(=O)c1ccc(OC)c(OC)c1. The number of carbonyl (C=O) groups is 2. The summed E-state index contributed by atoms with van der Waals surface area (Å²) >= 11 is 0. The lowest BCUT2D eigenvalue weighted by molar-refractivity contribution is -0.140. The van der Waals surface area contributed by atoms with Crippen LogP contribution in [0.1, 0.15) is 18.1 Å². The average molecular weight is 634 g/mol. The predicted molar refractivity (Wildman–Crippen MR) is 170 cm³/mol. The van der Waals surface area contributed by atoms with Crippen molar-refractivity contribution in [3.8, 4) is 11.5 Å². The largest absolute Gasteiger partial charge is 0.493 e. The molecule has 4 rings (SSSR count). The summed E-state index contributed by atoms with van der Waals surface area (Å²) in [6.45, 7) is 1.13. The first-order valence-corrected chi connectivity index (χ1v) is 15.8. The lowest BCUT2D eigenvalue weighted by atomic mass is 10.0. The van der Waals surface area contributed by atoms with Gasteiger partial charge in [0.2, 0.25) is 11.8 Å². The fraction of sp³-hybridized carbons (Fsp3) is 0.235. The van der Waals surface area contributed by atoms with Crippen molar-refractivity contribution in [2.45, 2.75) is 30.8 Å². The maximum Gasteiger partial charge on any atom is 0.264 e. The monoisotopic (exact) mass is 633 g/mol. The van der Waals surface area contributed by atoms with Gasteiger partial charge >= 0.3 is 0 Å². The molecule has 1 atom stereocenters. The fourth-order valence-electron chi connectivity index (χ4n) is 4.88. The maximum atomic E-state index is 15.0. The number of ether oxygens (including phenoxy) is 2. The number of sulfonamides is 1. The molecule has 1 N–H and O–H groups in total. The molecule has 0 fully saturated rings. The molecular formula is C34H36FN3O6S. The number of anilines is 1. The second kappa shape index (κ2) is 15.2. The molecule has 0 radical (unpaired) electrons. The smallest absolute Gasteiger partial charge is 0.264 e. The Labute approximate surface area is 263 Å². The Hall–Kier alpha value is -4.90.